The number of carbonyl (C=O) groups excluding carboxylic acids is 4. The van der Waals surface area contributed by atoms with E-state index in [-0.39, 0.29) is 29.7 Å². The number of benzene rings is 2. The summed E-state index contributed by atoms with van der Waals surface area (Å²) in [6, 6.07) is 5.57. The summed E-state index contributed by atoms with van der Waals surface area (Å²) in [5, 5.41) is 45.4. The third kappa shape index (κ3) is 3.91. The molecule has 0 bridgehead atoms. The second-order valence-electron chi connectivity index (χ2n) is 11.3. The maximum Gasteiger partial charge on any atom is 0.230 e. The number of ether oxygens (including phenoxy) is 1. The molecule has 2 unspecified atom stereocenters. The molecule has 216 valence electrons. The maximum absolute atomic E-state index is 14.0. The van der Waals surface area contributed by atoms with Crippen molar-refractivity contribution in [3.8, 4) is 22.6 Å². The smallest absolute Gasteiger partial charge is 0.230 e. The first-order chi connectivity index (χ1) is 19.3. The molecule has 2 fully saturated rings. The van der Waals surface area contributed by atoms with Gasteiger partial charge in [-0.05, 0) is 80.7 Å². The van der Waals surface area contributed by atoms with Crippen molar-refractivity contribution >= 4 is 29.5 Å². The number of nitrogens with zero attached hydrogens (tertiary/aromatic N) is 1. The van der Waals surface area contributed by atoms with Crippen LogP contribution in [-0.2, 0) is 20.8 Å². The van der Waals surface area contributed by atoms with Gasteiger partial charge in [0.15, 0.2) is 11.4 Å². The zero-order chi connectivity index (χ0) is 30.1. The number of Topliss-reactive ketones (excluding diaryl/α,β-unsaturated/α-hetero) is 2. The average molecular weight is 565 g/mol. The van der Waals surface area contributed by atoms with E-state index in [1.165, 1.54) is 12.0 Å². The molecule has 0 aromatic heterocycles. The molecule has 11 heteroatoms. The number of fused-ring (bicyclic) bond motifs is 3. The molecule has 5 rings (SSSR count). The first-order valence-electron chi connectivity index (χ1n) is 13.2. The monoisotopic (exact) mass is 564 g/mol. The third-order valence-corrected chi connectivity index (χ3v) is 8.93. The highest BCUT2D eigenvalue weighted by molar-refractivity contribution is 6.25. The minimum Gasteiger partial charge on any atom is -0.507 e. The molecule has 2 aromatic carbocycles. The third-order valence-electron chi connectivity index (χ3n) is 8.93. The van der Waals surface area contributed by atoms with Gasteiger partial charge in [-0.1, -0.05) is 0 Å². The lowest BCUT2D eigenvalue weighted by Crippen LogP contribution is -2.73. The number of nitrogens with two attached hydrogens (primary N) is 1. The summed E-state index contributed by atoms with van der Waals surface area (Å²) >= 11 is 0. The fraction of sp³-hybridized carbons (Fsp3) is 0.400. The fourth-order valence-corrected chi connectivity index (χ4v) is 7.06. The Labute approximate surface area is 235 Å². The fourth-order valence-electron chi connectivity index (χ4n) is 7.06. The molecule has 3 aliphatic rings. The van der Waals surface area contributed by atoms with Gasteiger partial charge in [0, 0.05) is 28.7 Å². The number of aldehydes is 1. The number of phenolic OH excluding ortho intramolecular Hbond substituents is 1. The van der Waals surface area contributed by atoms with Gasteiger partial charge < -0.3 is 35.8 Å². The van der Waals surface area contributed by atoms with E-state index in [4.69, 9.17) is 10.5 Å². The number of primary amides is 1. The summed E-state index contributed by atoms with van der Waals surface area (Å²) in [4.78, 5) is 52.8. The van der Waals surface area contributed by atoms with Crippen molar-refractivity contribution in [3.05, 3.63) is 52.1 Å². The van der Waals surface area contributed by atoms with E-state index in [0.29, 0.717) is 39.9 Å². The number of aliphatic hydroxyl groups is 3. The molecule has 0 aliphatic heterocycles. The standard InChI is InChI=1S/C30H32N2O9/c1-12-7-15(16-8-13(11-33)5-6-19(16)41-4)17-9-14-10-18-23(32(2)3)26(36)22(29(31)39)28(38)30(18,40)27(37)20(14)25(35)21(17)24(12)34/h5-8,11,14,18,22-23,26,34-36,40H,9-10H2,1-4H3,(H2,31,39)/t14-,18-,22?,23-,26?,30-/m1/s1. The van der Waals surface area contributed by atoms with Crippen LogP contribution in [0.5, 0.6) is 11.5 Å². The zero-order valence-electron chi connectivity index (χ0n) is 23.0. The molecule has 41 heavy (non-hydrogen) atoms. The van der Waals surface area contributed by atoms with Gasteiger partial charge in [-0.3, -0.25) is 19.2 Å². The minimum atomic E-state index is -2.73. The van der Waals surface area contributed by atoms with Gasteiger partial charge in [-0.2, -0.15) is 0 Å². The second kappa shape index (κ2) is 9.79. The van der Waals surface area contributed by atoms with Crippen molar-refractivity contribution in [2.75, 3.05) is 21.2 Å². The molecule has 0 radical (unpaired) electrons. The van der Waals surface area contributed by atoms with Crippen molar-refractivity contribution < 1.29 is 44.3 Å². The van der Waals surface area contributed by atoms with E-state index in [1.807, 2.05) is 0 Å². The van der Waals surface area contributed by atoms with Crippen molar-refractivity contribution in [1.29, 1.82) is 0 Å². The van der Waals surface area contributed by atoms with E-state index in [9.17, 15) is 39.6 Å². The molecule has 2 saturated carbocycles. The molecular weight excluding hydrogens is 532 g/mol. The summed E-state index contributed by atoms with van der Waals surface area (Å²) < 4.78 is 5.54. The number of rotatable bonds is 5. The number of phenols is 1. The van der Waals surface area contributed by atoms with Crippen LogP contribution in [0.2, 0.25) is 0 Å². The predicted molar refractivity (Wildman–Crippen MR) is 146 cm³/mol. The lowest BCUT2D eigenvalue weighted by atomic mass is 9.54. The van der Waals surface area contributed by atoms with E-state index < -0.39 is 58.7 Å². The Morgan fingerprint density at radius 2 is 1.85 bits per heavy atom. The van der Waals surface area contributed by atoms with Crippen LogP contribution in [0.1, 0.15) is 33.5 Å². The number of aliphatic hydroxyl groups excluding tert-OH is 2. The van der Waals surface area contributed by atoms with E-state index >= 15 is 0 Å². The molecule has 3 aliphatic carbocycles. The predicted octanol–water partition coefficient (Wildman–Crippen LogP) is 0.926. The largest absolute Gasteiger partial charge is 0.507 e. The van der Waals surface area contributed by atoms with Crippen molar-refractivity contribution in [2.24, 2.45) is 23.5 Å². The normalized spacial score (nSPS) is 29.1. The topological polar surface area (TPSA) is 188 Å². The van der Waals surface area contributed by atoms with Gasteiger partial charge >= 0.3 is 0 Å². The van der Waals surface area contributed by atoms with Gasteiger partial charge in [0.2, 0.25) is 11.7 Å². The molecule has 0 heterocycles. The van der Waals surface area contributed by atoms with E-state index in [0.717, 1.165) is 0 Å². The quantitative estimate of drug-likeness (QED) is 0.258. The number of hydrogen-bond donors (Lipinski definition) is 5. The Balaban J connectivity index is 1.76. The van der Waals surface area contributed by atoms with Gasteiger partial charge in [-0.25, -0.2) is 0 Å². The lowest BCUT2D eigenvalue weighted by Gasteiger charge is -2.53. The summed E-state index contributed by atoms with van der Waals surface area (Å²) in [5.74, 6) is -7.56. The number of aryl methyl sites for hydroxylation is 1. The van der Waals surface area contributed by atoms with Crippen LogP contribution in [0.25, 0.3) is 16.9 Å². The van der Waals surface area contributed by atoms with Crippen LogP contribution in [0.4, 0.5) is 0 Å². The van der Waals surface area contributed by atoms with Crippen molar-refractivity contribution in [2.45, 2.75) is 37.5 Å². The Morgan fingerprint density at radius 3 is 2.44 bits per heavy atom. The second-order valence-corrected chi connectivity index (χ2v) is 11.3. The molecule has 6 N–H and O–H groups in total. The summed E-state index contributed by atoms with van der Waals surface area (Å²) in [6.45, 7) is 1.61. The lowest BCUT2D eigenvalue weighted by molar-refractivity contribution is -0.184. The molecular formula is C30H32N2O9. The highest BCUT2D eigenvalue weighted by Gasteiger charge is 2.67. The molecule has 6 atom stereocenters. The Kier molecular flexibility index (Phi) is 6.80. The van der Waals surface area contributed by atoms with Crippen LogP contribution in [0.15, 0.2) is 29.8 Å². The molecule has 2 aromatic rings. The Hall–Kier alpha value is -4.06. The number of likely N-dealkylation sites (N-methyl/N-ethyl adjacent to an activating group) is 1. The number of carbonyl (C=O) groups is 4. The summed E-state index contributed by atoms with van der Waals surface area (Å²) in [5.41, 5.74) is 4.75. The number of aromatic hydroxyl groups is 1. The highest BCUT2D eigenvalue weighted by atomic mass is 16.5. The molecule has 11 nitrogen and oxygen atoms in total. The van der Waals surface area contributed by atoms with E-state index in [1.54, 1.807) is 45.3 Å². The number of hydrogen-bond acceptors (Lipinski definition) is 10. The van der Waals surface area contributed by atoms with Crippen LogP contribution >= 0.6 is 0 Å². The number of ketones is 2. The van der Waals surface area contributed by atoms with Gasteiger partial charge in [0.25, 0.3) is 0 Å². The summed E-state index contributed by atoms with van der Waals surface area (Å²) in [7, 11) is 4.66. The highest BCUT2D eigenvalue weighted by Crippen LogP contribution is 2.54. The first kappa shape index (κ1) is 28.5. The maximum atomic E-state index is 14.0. The van der Waals surface area contributed by atoms with Crippen LogP contribution < -0.4 is 10.5 Å². The Bertz CT molecular complexity index is 1540. The zero-order valence-corrected chi connectivity index (χ0v) is 23.0. The van der Waals surface area contributed by atoms with Crippen molar-refractivity contribution in [3.63, 3.8) is 0 Å². The number of amides is 1. The van der Waals surface area contributed by atoms with Crippen molar-refractivity contribution in [1.82, 2.24) is 4.90 Å². The van der Waals surface area contributed by atoms with Gasteiger partial charge in [-0.15, -0.1) is 0 Å². The van der Waals surface area contributed by atoms with Crippen LogP contribution in [-0.4, -0.2) is 88.0 Å². The SMILES string of the molecule is COc1ccc(C=O)cc1-c1cc(C)c(O)c2c1C[C@@H]1C[C@@H]3[C@@H](N(C)C)C(O)C(C(N)=O)C(=O)[C@]3(O)C(=O)C1=C2O. The van der Waals surface area contributed by atoms with Gasteiger partial charge in [0.1, 0.15) is 29.5 Å². The van der Waals surface area contributed by atoms with Crippen LogP contribution in [0, 0.1) is 24.7 Å². The summed E-state index contributed by atoms with van der Waals surface area (Å²) in [6.07, 6.45) is -0.766. The molecule has 0 spiro atoms. The van der Waals surface area contributed by atoms with E-state index in [2.05, 4.69) is 0 Å². The number of methoxy groups -OCH3 is 1. The minimum absolute atomic E-state index is 0.00219. The van der Waals surface area contributed by atoms with Gasteiger partial charge in [0.05, 0.1) is 18.8 Å². The first-order valence-corrected chi connectivity index (χ1v) is 13.2. The molecule has 1 amide bonds. The average Bonchev–Trinajstić information content (AvgIpc) is 2.91. The molecule has 0 saturated heterocycles. The Morgan fingerprint density at radius 1 is 1.17 bits per heavy atom. The van der Waals surface area contributed by atoms with Crippen LogP contribution in [0.3, 0.4) is 0 Å².